The van der Waals surface area contributed by atoms with Crippen molar-refractivity contribution in [2.75, 3.05) is 26.3 Å². The minimum absolute atomic E-state index is 0.00806. The number of likely N-dealkylation sites (tertiary alicyclic amines) is 1. The van der Waals surface area contributed by atoms with Crippen LogP contribution in [0, 0.1) is 5.92 Å². The topological polar surface area (TPSA) is 94.2 Å². The molecule has 1 aliphatic heterocycles. The lowest BCUT2D eigenvalue weighted by Crippen LogP contribution is -2.35. The average molecular weight is 544 g/mol. The van der Waals surface area contributed by atoms with Crippen molar-refractivity contribution in [1.82, 2.24) is 20.1 Å². The molecule has 0 amide bonds. The minimum Gasteiger partial charge on any atom is -0.393 e. The summed E-state index contributed by atoms with van der Waals surface area (Å²) < 4.78 is 89.8. The number of hydrogen-bond acceptors (Lipinski definition) is 5. The third-order valence-electron chi connectivity index (χ3n) is 6.54. The fraction of sp³-hybridized carbons (Fsp3) is 0.440. The Balaban J connectivity index is 1.52. The van der Waals surface area contributed by atoms with Crippen molar-refractivity contribution in [3.05, 3.63) is 75.5 Å². The van der Waals surface area contributed by atoms with Crippen LogP contribution in [0.4, 0.5) is 26.3 Å². The zero-order valence-corrected chi connectivity index (χ0v) is 20.1. The van der Waals surface area contributed by atoms with Crippen LogP contribution in [0.1, 0.15) is 41.5 Å². The van der Waals surface area contributed by atoms with Gasteiger partial charge in [-0.25, -0.2) is 9.89 Å². The van der Waals surface area contributed by atoms with E-state index in [1.807, 2.05) is 0 Å². The number of aliphatic hydroxyl groups excluding tert-OH is 1. The molecule has 3 aromatic rings. The molecule has 0 bridgehead atoms. The molecule has 1 atom stereocenters. The molecule has 1 aromatic heterocycles. The Morgan fingerprint density at radius 2 is 1.63 bits per heavy atom. The summed E-state index contributed by atoms with van der Waals surface area (Å²) in [7, 11) is 0. The van der Waals surface area contributed by atoms with Gasteiger partial charge in [-0.05, 0) is 55.1 Å². The van der Waals surface area contributed by atoms with Crippen molar-refractivity contribution in [2.45, 2.75) is 37.8 Å². The Morgan fingerprint density at radius 3 is 2.13 bits per heavy atom. The molecule has 0 radical (unpaired) electrons. The Labute approximate surface area is 213 Å². The number of benzene rings is 2. The van der Waals surface area contributed by atoms with Gasteiger partial charge in [0.15, 0.2) is 0 Å². The van der Waals surface area contributed by atoms with Gasteiger partial charge in [-0.3, -0.25) is 9.88 Å². The first-order chi connectivity index (χ1) is 18.0. The van der Waals surface area contributed by atoms with Gasteiger partial charge in [-0.15, -0.1) is 0 Å². The molecule has 7 nitrogen and oxygen atoms in total. The molecule has 2 aromatic carbocycles. The van der Waals surface area contributed by atoms with Crippen LogP contribution < -0.4 is 5.69 Å². The highest BCUT2D eigenvalue weighted by Gasteiger charge is 2.42. The Hall–Kier alpha value is -3.16. The smallest absolute Gasteiger partial charge is 0.393 e. The van der Waals surface area contributed by atoms with Crippen molar-refractivity contribution in [1.29, 1.82) is 0 Å². The summed E-state index contributed by atoms with van der Waals surface area (Å²) in [6, 6.07) is 7.87. The third kappa shape index (κ3) is 6.63. The summed E-state index contributed by atoms with van der Waals surface area (Å²) in [6.07, 6.45) is -10.2. The van der Waals surface area contributed by atoms with Crippen molar-refractivity contribution in [2.24, 2.45) is 5.92 Å². The second-order valence-electron chi connectivity index (χ2n) is 9.20. The Morgan fingerprint density at radius 1 is 1.03 bits per heavy atom. The normalized spacial score (nSPS) is 16.6. The molecule has 4 rings (SSSR count). The third-order valence-corrected chi connectivity index (χ3v) is 6.54. The quantitative estimate of drug-likeness (QED) is 0.356. The van der Waals surface area contributed by atoms with Crippen molar-refractivity contribution in [3.8, 4) is 11.1 Å². The van der Waals surface area contributed by atoms with Gasteiger partial charge in [0.25, 0.3) is 0 Å². The number of alkyl halides is 6. The Bertz CT molecular complexity index is 1230. The predicted molar refractivity (Wildman–Crippen MR) is 125 cm³/mol. The van der Waals surface area contributed by atoms with E-state index in [0.717, 1.165) is 0 Å². The van der Waals surface area contributed by atoms with E-state index in [1.165, 1.54) is 30.3 Å². The first kappa shape index (κ1) is 27.9. The summed E-state index contributed by atoms with van der Waals surface area (Å²) >= 11 is 0. The van der Waals surface area contributed by atoms with E-state index in [9.17, 15) is 36.2 Å². The van der Waals surface area contributed by atoms with Crippen LogP contribution in [0.3, 0.4) is 0 Å². The number of aromatic nitrogens is 3. The summed E-state index contributed by atoms with van der Waals surface area (Å²) in [5.74, 6) is 0.483. The van der Waals surface area contributed by atoms with Crippen molar-refractivity contribution < 1.29 is 36.2 Å². The number of aliphatic hydroxyl groups is 1. The number of ether oxygens (including phenoxy) is 1. The van der Waals surface area contributed by atoms with Gasteiger partial charge in [0.1, 0.15) is 11.9 Å². The number of hydrogen-bond donors (Lipinski definition) is 3. The van der Waals surface area contributed by atoms with Gasteiger partial charge in [0.2, 0.25) is 0 Å². The number of H-pyrrole nitrogens is 2. The zero-order valence-electron chi connectivity index (χ0n) is 20.1. The molecular weight excluding hydrogens is 518 g/mol. The zero-order chi connectivity index (χ0) is 27.5. The van der Waals surface area contributed by atoms with Crippen LogP contribution >= 0.6 is 0 Å². The Kier molecular flexibility index (Phi) is 8.28. The number of rotatable bonds is 8. The van der Waals surface area contributed by atoms with Gasteiger partial charge in [-0.1, -0.05) is 30.3 Å². The highest BCUT2D eigenvalue weighted by molar-refractivity contribution is 5.73. The molecule has 2 heterocycles. The van der Waals surface area contributed by atoms with E-state index < -0.39 is 53.0 Å². The van der Waals surface area contributed by atoms with E-state index in [-0.39, 0.29) is 18.1 Å². The maximum Gasteiger partial charge on any atom is 0.417 e. The highest BCUT2D eigenvalue weighted by atomic mass is 19.4. The molecular formula is C25H26F6N4O3. The lowest BCUT2D eigenvalue weighted by atomic mass is 9.90. The van der Waals surface area contributed by atoms with Crippen molar-refractivity contribution >= 4 is 0 Å². The van der Waals surface area contributed by atoms with Gasteiger partial charge in [0, 0.05) is 5.56 Å². The summed E-state index contributed by atoms with van der Waals surface area (Å²) in [6.45, 7) is 0.968. The lowest BCUT2D eigenvalue weighted by Gasteiger charge is -2.32. The molecule has 1 unspecified atom stereocenters. The summed E-state index contributed by atoms with van der Waals surface area (Å²) in [4.78, 5) is 15.8. The van der Waals surface area contributed by atoms with Crippen LogP contribution in [-0.4, -0.2) is 51.5 Å². The van der Waals surface area contributed by atoms with Crippen LogP contribution in [0.25, 0.3) is 11.1 Å². The molecule has 206 valence electrons. The second-order valence-corrected chi connectivity index (χ2v) is 9.20. The summed E-state index contributed by atoms with van der Waals surface area (Å²) in [5.41, 5.74) is -4.87. The fourth-order valence-corrected chi connectivity index (χ4v) is 4.62. The van der Waals surface area contributed by atoms with Crippen LogP contribution in [-0.2, 0) is 23.6 Å². The summed E-state index contributed by atoms with van der Waals surface area (Å²) in [5, 5.41) is 16.0. The molecule has 1 fully saturated rings. The predicted octanol–water partition coefficient (Wildman–Crippen LogP) is 4.76. The number of nitrogens with one attached hydrogen (secondary N) is 2. The molecule has 3 N–H and O–H groups in total. The van der Waals surface area contributed by atoms with E-state index in [1.54, 1.807) is 0 Å². The van der Waals surface area contributed by atoms with Crippen LogP contribution in [0.15, 0.2) is 47.3 Å². The number of halogens is 6. The second kappa shape index (κ2) is 11.3. The maximum atomic E-state index is 14.0. The molecule has 1 saturated heterocycles. The monoisotopic (exact) mass is 544 g/mol. The standard InChI is InChI=1S/C25H26F6N4O3/c26-24(27,28)18-10-17(11-19(25(29,30)31)22(18)16-4-2-1-3-5-16)20(13-36)38-14-15-6-8-35(9-7-15)12-21-32-23(37)34-33-21/h1-5,10-11,15,20,36H,6-9,12-14H2,(H2,32,33,34,37). The molecule has 0 saturated carbocycles. The number of piperidine rings is 1. The first-order valence-electron chi connectivity index (χ1n) is 11.9. The largest absolute Gasteiger partial charge is 0.417 e. The molecule has 38 heavy (non-hydrogen) atoms. The molecule has 0 aliphatic carbocycles. The maximum absolute atomic E-state index is 14.0. The molecule has 0 spiro atoms. The van der Waals surface area contributed by atoms with Crippen LogP contribution in [0.5, 0.6) is 0 Å². The lowest BCUT2D eigenvalue weighted by molar-refractivity contribution is -0.142. The molecule has 13 heteroatoms. The van der Waals surface area contributed by atoms with E-state index in [4.69, 9.17) is 4.74 Å². The highest BCUT2D eigenvalue weighted by Crippen LogP contribution is 2.46. The van der Waals surface area contributed by atoms with Crippen LogP contribution in [0.2, 0.25) is 0 Å². The SMILES string of the molecule is O=c1[nH]nc(CN2CCC(COC(CO)c3cc(C(F)(F)F)c(-c4ccccc4)c(C(F)(F)F)c3)CC2)[nH]1. The van der Waals surface area contributed by atoms with E-state index in [0.29, 0.717) is 50.4 Å². The van der Waals surface area contributed by atoms with Crippen molar-refractivity contribution in [3.63, 3.8) is 0 Å². The van der Waals surface area contributed by atoms with Gasteiger partial charge < -0.3 is 9.84 Å². The van der Waals surface area contributed by atoms with Gasteiger partial charge in [0.05, 0.1) is 30.9 Å². The fourth-order valence-electron chi connectivity index (χ4n) is 4.62. The van der Waals surface area contributed by atoms with E-state index in [2.05, 4.69) is 20.1 Å². The minimum atomic E-state index is -5.08. The van der Waals surface area contributed by atoms with Gasteiger partial charge in [-0.2, -0.15) is 31.4 Å². The average Bonchev–Trinajstić information content (AvgIpc) is 3.28. The first-order valence-corrected chi connectivity index (χ1v) is 11.9. The van der Waals surface area contributed by atoms with Gasteiger partial charge >= 0.3 is 18.0 Å². The number of nitrogens with zero attached hydrogens (tertiary/aromatic N) is 2. The van der Waals surface area contributed by atoms with E-state index >= 15 is 0 Å². The number of aromatic amines is 2. The molecule has 1 aliphatic rings.